The van der Waals surface area contributed by atoms with Gasteiger partial charge in [0, 0.05) is 60.2 Å². The molecule has 0 fully saturated rings. The smallest absolute Gasteiger partial charge is 0.343 e. The summed E-state index contributed by atoms with van der Waals surface area (Å²) in [5, 5.41) is 0. The second-order valence-electron chi connectivity index (χ2n) is 30.6. The molecule has 0 N–H and O–H groups in total. The van der Waals surface area contributed by atoms with Gasteiger partial charge in [0.05, 0.1) is 5.56 Å². The van der Waals surface area contributed by atoms with E-state index in [1.807, 2.05) is 352 Å². The van der Waals surface area contributed by atoms with Crippen LogP contribution in [0.3, 0.4) is 0 Å². The van der Waals surface area contributed by atoms with E-state index >= 15 is 0 Å². The Morgan fingerprint density at radius 3 is 0.457 bits per heavy atom. The van der Waals surface area contributed by atoms with Crippen molar-refractivity contribution in [3.8, 4) is 86.2 Å². The van der Waals surface area contributed by atoms with Gasteiger partial charge in [-0.2, -0.15) is 0 Å². The lowest BCUT2D eigenvalue weighted by atomic mass is 10.1. The van der Waals surface area contributed by atoms with Crippen molar-refractivity contribution < 1.29 is 80.6 Å². The SMILES string of the molecule is O=Cc1ccc(C(=O)Oc2cc(OCc3cc(OCc4cc(OCc5ccccc5)cc(OCc5ccccc5)c4)cc(OCc4cc(OCc5ccccc5)cc(OCc5ccccc5)c4)c3)cc(OCc3cc(OCc4cc(OCc5ccccc5)cc(OCc5ccccc5)c4)cc(OCc4cc(OCc5ccccc5)cc(OCc5ccccc5)c4)c3)c2)cc1. The second-order valence-corrected chi connectivity index (χ2v) is 30.6. The summed E-state index contributed by atoms with van der Waals surface area (Å²) in [6.45, 7) is 2.96. The summed E-state index contributed by atoms with van der Waals surface area (Å²) in [7, 11) is 0. The fraction of sp³-hybridized carbons (Fsp3) is 0.125. The molecule has 0 radical (unpaired) electrons. The van der Waals surface area contributed by atoms with E-state index in [-0.39, 0.29) is 62.5 Å². The van der Waals surface area contributed by atoms with Crippen molar-refractivity contribution in [3.05, 3.63) is 483 Å². The molecule has 0 amide bonds. The van der Waals surface area contributed by atoms with Gasteiger partial charge in [-0.15, -0.1) is 0 Å². The van der Waals surface area contributed by atoms with Crippen molar-refractivity contribution in [1.29, 1.82) is 0 Å². The van der Waals surface area contributed by atoms with Crippen LogP contribution in [0.25, 0.3) is 0 Å². The van der Waals surface area contributed by atoms with Crippen LogP contribution in [0.1, 0.15) is 98.6 Å². The van der Waals surface area contributed by atoms with Gasteiger partial charge in [0.15, 0.2) is 0 Å². The molecule has 0 aliphatic carbocycles. The van der Waals surface area contributed by atoms with E-state index in [2.05, 4.69) is 0 Å². The average molecular weight is 1710 g/mol. The number of aldehydes is 1. The van der Waals surface area contributed by atoms with E-state index in [4.69, 9.17) is 71.1 Å². The summed E-state index contributed by atoms with van der Waals surface area (Å²) in [4.78, 5) is 26.0. The normalized spacial score (nSPS) is 10.8. The van der Waals surface area contributed by atoms with E-state index in [1.54, 1.807) is 30.3 Å². The third-order valence-corrected chi connectivity index (χ3v) is 20.4. The zero-order valence-electron chi connectivity index (χ0n) is 70.9. The number of carbonyl (C=O) groups is 2. The van der Waals surface area contributed by atoms with Crippen molar-refractivity contribution >= 4 is 12.3 Å². The van der Waals surface area contributed by atoms with Gasteiger partial charge in [0.2, 0.25) is 0 Å². The highest BCUT2D eigenvalue weighted by Gasteiger charge is 2.19. The van der Waals surface area contributed by atoms with Crippen molar-refractivity contribution in [2.24, 2.45) is 0 Å². The summed E-state index contributed by atoms with van der Waals surface area (Å²) >= 11 is 0. The molecule has 0 saturated heterocycles. The minimum atomic E-state index is -0.688. The van der Waals surface area contributed by atoms with Gasteiger partial charge in [-0.05, 0) is 163 Å². The Balaban J connectivity index is 0.706. The van der Waals surface area contributed by atoms with E-state index in [1.165, 1.54) is 12.1 Å². The Kier molecular flexibility index (Phi) is 30.1. The van der Waals surface area contributed by atoms with Gasteiger partial charge in [0.1, 0.15) is 185 Å². The largest absolute Gasteiger partial charge is 0.489 e. The molecule has 0 heterocycles. The lowest BCUT2D eigenvalue weighted by Crippen LogP contribution is -2.09. The van der Waals surface area contributed by atoms with Crippen molar-refractivity contribution in [1.82, 2.24) is 0 Å². The lowest BCUT2D eigenvalue weighted by molar-refractivity contribution is 0.0733. The number of hydrogen-bond acceptors (Lipinski definition) is 17. The molecule has 17 nitrogen and oxygen atoms in total. The first-order valence-corrected chi connectivity index (χ1v) is 42.5. The molecule has 644 valence electrons. The van der Waals surface area contributed by atoms with E-state index in [0.29, 0.717) is 145 Å². The molecule has 0 atom stereocenters. The van der Waals surface area contributed by atoms with Gasteiger partial charge in [-0.25, -0.2) is 4.79 Å². The molecule has 0 aliphatic heterocycles. The standard InChI is InChI=1S/C112H94O17/c113-66-81-41-43-96(44-42-81)112(114)129-111-64-109(127-79-94-53-105(123-75-90-45-97(115-67-82-25-9-1-10-26-82)57-98(46-90)116-68-83-27-11-2-12-28-83)61-106(54-94)124-76-91-47-99(117-69-84-29-13-3-14-30-84)58-100(48-91)118-70-85-31-15-4-16-32-85)63-110(65-111)128-80-95-55-107(125-77-92-49-101(119-71-86-33-17-5-18-34-86)59-102(50-92)120-72-87-35-19-6-20-36-87)62-108(56-95)126-78-93-51-103(121-73-88-37-21-7-22-38-88)60-104(52-93)122-74-89-39-23-8-24-40-89/h1-66H,67-80H2. The van der Waals surface area contributed by atoms with Gasteiger partial charge < -0.3 is 71.1 Å². The predicted octanol–water partition coefficient (Wildman–Crippen LogP) is 24.8. The lowest BCUT2D eigenvalue weighted by Gasteiger charge is -2.17. The van der Waals surface area contributed by atoms with E-state index < -0.39 is 5.97 Å². The molecule has 0 saturated carbocycles. The van der Waals surface area contributed by atoms with Crippen LogP contribution in [0.2, 0.25) is 0 Å². The summed E-state index contributed by atoms with van der Waals surface area (Å²) < 4.78 is 98.4. The maximum Gasteiger partial charge on any atom is 0.343 e. The maximum atomic E-state index is 14.2. The highest BCUT2D eigenvalue weighted by molar-refractivity contribution is 5.92. The number of hydrogen-bond donors (Lipinski definition) is 0. The zero-order chi connectivity index (χ0) is 87.7. The van der Waals surface area contributed by atoms with Crippen molar-refractivity contribution in [2.45, 2.75) is 92.5 Å². The van der Waals surface area contributed by atoms with Crippen LogP contribution in [0, 0.1) is 0 Å². The van der Waals surface area contributed by atoms with Gasteiger partial charge in [-0.3, -0.25) is 4.79 Å². The Morgan fingerprint density at radius 1 is 0.163 bits per heavy atom. The van der Waals surface area contributed by atoms with Gasteiger partial charge in [-0.1, -0.05) is 255 Å². The third kappa shape index (κ3) is 27.4. The Bertz CT molecular complexity index is 5350. The number of ether oxygens (including phenoxy) is 15. The van der Waals surface area contributed by atoms with Crippen LogP contribution in [0.5, 0.6) is 86.2 Å². The summed E-state index contributed by atoms with van der Waals surface area (Å²) in [6, 6.07) is 125. The molecule has 0 spiro atoms. The molecule has 0 unspecified atom stereocenters. The fourth-order valence-electron chi connectivity index (χ4n) is 13.8. The molecule has 0 aliphatic rings. The number of rotatable bonds is 45. The number of carbonyl (C=O) groups excluding carboxylic acids is 2. The van der Waals surface area contributed by atoms with Crippen LogP contribution in [0.4, 0.5) is 0 Å². The predicted molar refractivity (Wildman–Crippen MR) is 494 cm³/mol. The van der Waals surface area contributed by atoms with Crippen LogP contribution in [-0.2, 0) is 92.5 Å². The van der Waals surface area contributed by atoms with Crippen molar-refractivity contribution in [2.75, 3.05) is 0 Å². The average Bonchev–Trinajstić information content (AvgIpc) is 0.836. The topological polar surface area (TPSA) is 173 Å². The monoisotopic (exact) mass is 1710 g/mol. The summed E-state index contributed by atoms with van der Waals surface area (Å²) in [5.41, 5.74) is 13.1. The van der Waals surface area contributed by atoms with Crippen LogP contribution < -0.4 is 71.1 Å². The van der Waals surface area contributed by atoms with Gasteiger partial charge in [0.25, 0.3) is 0 Å². The van der Waals surface area contributed by atoms with Crippen molar-refractivity contribution in [3.63, 3.8) is 0 Å². The molecular weight excluding hydrogens is 1620 g/mol. The molecule has 0 aromatic heterocycles. The van der Waals surface area contributed by atoms with E-state index in [0.717, 1.165) is 66.8 Å². The maximum absolute atomic E-state index is 14.2. The number of benzene rings is 16. The van der Waals surface area contributed by atoms with Gasteiger partial charge >= 0.3 is 5.97 Å². The Hall–Kier alpha value is -16.1. The molecule has 16 aromatic carbocycles. The number of esters is 1. The highest BCUT2D eigenvalue weighted by Crippen LogP contribution is 2.37. The Labute approximate surface area is 750 Å². The third-order valence-electron chi connectivity index (χ3n) is 20.4. The van der Waals surface area contributed by atoms with Crippen LogP contribution >= 0.6 is 0 Å². The molecule has 129 heavy (non-hydrogen) atoms. The van der Waals surface area contributed by atoms with E-state index in [9.17, 15) is 9.59 Å². The molecular formula is C112H94O17. The molecule has 16 rings (SSSR count). The summed E-state index contributed by atoms with van der Waals surface area (Å²) in [5.74, 6) is 6.59. The second kappa shape index (κ2) is 45.0. The Morgan fingerprint density at radius 2 is 0.302 bits per heavy atom. The first-order chi connectivity index (χ1) is 63.6. The first kappa shape index (κ1) is 86.4. The van der Waals surface area contributed by atoms with Crippen LogP contribution in [-0.4, -0.2) is 12.3 Å². The molecule has 0 bridgehead atoms. The first-order valence-electron chi connectivity index (χ1n) is 42.5. The van der Waals surface area contributed by atoms with Crippen LogP contribution in [0.15, 0.2) is 394 Å². The minimum Gasteiger partial charge on any atom is -0.489 e. The quantitative estimate of drug-likeness (QED) is 0.0200. The fourth-order valence-corrected chi connectivity index (χ4v) is 13.8. The summed E-state index contributed by atoms with van der Waals surface area (Å²) in [6.07, 6.45) is 0.708. The minimum absolute atomic E-state index is 0.0520. The highest BCUT2D eigenvalue weighted by atomic mass is 16.5. The molecule has 16 aromatic rings. The molecule has 17 heteroatoms. The zero-order valence-corrected chi connectivity index (χ0v) is 70.9.